The van der Waals surface area contributed by atoms with Crippen LogP contribution >= 0.6 is 11.6 Å². The summed E-state index contributed by atoms with van der Waals surface area (Å²) in [4.78, 5) is 4.39. The van der Waals surface area contributed by atoms with Gasteiger partial charge in [0.15, 0.2) is 0 Å². The number of phenolic OH excluding ortho intramolecular Hbond substituents is 1. The summed E-state index contributed by atoms with van der Waals surface area (Å²) in [7, 11) is 0. The van der Waals surface area contributed by atoms with Gasteiger partial charge in [-0.05, 0) is 23.8 Å². The van der Waals surface area contributed by atoms with Gasteiger partial charge in [-0.15, -0.1) is 0 Å². The average molecular weight is 343 g/mol. The molecule has 24 heavy (non-hydrogen) atoms. The minimum absolute atomic E-state index is 0.146. The van der Waals surface area contributed by atoms with Gasteiger partial charge in [0.25, 0.3) is 0 Å². The molecule has 1 atom stereocenters. The maximum atomic E-state index is 10.0. The summed E-state index contributed by atoms with van der Waals surface area (Å²) in [5.74, 6) is 0.705. The molecule has 6 heteroatoms. The lowest BCUT2D eigenvalue weighted by atomic mass is 9.99. The standard InChI is InChI=1S/C18H19ClN4O/c1-12-11-23(22-17(12)14-7-3-5-9-16(14)24)18(20)21-10-13-6-2-4-8-15(13)19/h2-9,12,24H,10-11H2,1H3,(H2,20,21). The van der Waals surface area contributed by atoms with Crippen LogP contribution in [-0.2, 0) is 6.54 Å². The van der Waals surface area contributed by atoms with E-state index in [4.69, 9.17) is 17.3 Å². The Hall–Kier alpha value is -2.53. The van der Waals surface area contributed by atoms with E-state index >= 15 is 0 Å². The van der Waals surface area contributed by atoms with E-state index in [0.29, 0.717) is 24.1 Å². The second kappa shape index (κ2) is 6.93. The van der Waals surface area contributed by atoms with Crippen molar-refractivity contribution in [1.82, 2.24) is 5.01 Å². The number of phenols is 1. The van der Waals surface area contributed by atoms with E-state index in [-0.39, 0.29) is 11.7 Å². The number of nitrogens with zero attached hydrogens (tertiary/aromatic N) is 3. The van der Waals surface area contributed by atoms with Gasteiger partial charge in [0.2, 0.25) is 5.96 Å². The third-order valence-electron chi connectivity index (χ3n) is 3.96. The Morgan fingerprint density at radius 3 is 2.75 bits per heavy atom. The van der Waals surface area contributed by atoms with Gasteiger partial charge in [-0.3, -0.25) is 0 Å². The van der Waals surface area contributed by atoms with Crippen LogP contribution in [0.1, 0.15) is 18.1 Å². The molecule has 0 saturated carbocycles. The average Bonchev–Trinajstić information content (AvgIpc) is 2.96. The predicted octanol–water partition coefficient (Wildman–Crippen LogP) is 3.22. The van der Waals surface area contributed by atoms with E-state index in [9.17, 15) is 5.11 Å². The molecule has 5 nitrogen and oxygen atoms in total. The molecule has 1 aliphatic heterocycles. The Morgan fingerprint density at radius 2 is 2.00 bits per heavy atom. The molecule has 2 aromatic rings. The Balaban J connectivity index is 1.79. The van der Waals surface area contributed by atoms with E-state index in [1.54, 1.807) is 17.1 Å². The summed E-state index contributed by atoms with van der Waals surface area (Å²) in [5, 5.41) is 16.9. The van der Waals surface area contributed by atoms with Crippen molar-refractivity contribution in [3.8, 4) is 5.75 Å². The Bertz CT molecular complexity index is 803. The minimum Gasteiger partial charge on any atom is -0.507 e. The van der Waals surface area contributed by atoms with Crippen LogP contribution in [0, 0.1) is 5.92 Å². The van der Waals surface area contributed by atoms with Crippen molar-refractivity contribution in [2.75, 3.05) is 6.54 Å². The number of hydrogen-bond acceptors (Lipinski definition) is 3. The monoisotopic (exact) mass is 342 g/mol. The Kier molecular flexibility index (Phi) is 4.71. The van der Waals surface area contributed by atoms with E-state index in [2.05, 4.69) is 10.1 Å². The molecule has 0 amide bonds. The van der Waals surface area contributed by atoms with Crippen LogP contribution in [0.4, 0.5) is 0 Å². The topological polar surface area (TPSA) is 74.2 Å². The molecule has 1 unspecified atom stereocenters. The largest absolute Gasteiger partial charge is 0.507 e. The molecule has 0 aliphatic carbocycles. The van der Waals surface area contributed by atoms with Crippen molar-refractivity contribution < 1.29 is 5.11 Å². The molecule has 0 aromatic heterocycles. The molecule has 3 N–H and O–H groups in total. The second-order valence-corrected chi connectivity index (χ2v) is 6.16. The molecular weight excluding hydrogens is 324 g/mol. The maximum Gasteiger partial charge on any atom is 0.212 e. The van der Waals surface area contributed by atoms with Crippen molar-refractivity contribution in [2.24, 2.45) is 21.7 Å². The molecule has 0 spiro atoms. The summed E-state index contributed by atoms with van der Waals surface area (Å²) in [6.07, 6.45) is 0. The van der Waals surface area contributed by atoms with Crippen LogP contribution in [0.2, 0.25) is 5.02 Å². The SMILES string of the molecule is CC1CN(C(N)=NCc2ccccc2Cl)N=C1c1ccccc1O. The number of para-hydroxylation sites is 1. The van der Waals surface area contributed by atoms with Crippen LogP contribution < -0.4 is 5.73 Å². The summed E-state index contributed by atoms with van der Waals surface area (Å²) >= 11 is 6.13. The van der Waals surface area contributed by atoms with Crippen molar-refractivity contribution in [3.63, 3.8) is 0 Å². The van der Waals surface area contributed by atoms with Crippen LogP contribution in [0.3, 0.4) is 0 Å². The fraction of sp³-hybridized carbons (Fsp3) is 0.222. The predicted molar refractivity (Wildman–Crippen MR) is 97.3 cm³/mol. The quantitative estimate of drug-likeness (QED) is 0.664. The highest BCUT2D eigenvalue weighted by molar-refractivity contribution is 6.31. The highest BCUT2D eigenvalue weighted by Crippen LogP contribution is 2.25. The van der Waals surface area contributed by atoms with Gasteiger partial charge in [0, 0.05) is 16.5 Å². The van der Waals surface area contributed by atoms with Gasteiger partial charge in [0.05, 0.1) is 18.8 Å². The molecule has 1 heterocycles. The summed E-state index contributed by atoms with van der Waals surface area (Å²) in [6, 6.07) is 14.7. The number of aromatic hydroxyl groups is 1. The maximum absolute atomic E-state index is 10.0. The van der Waals surface area contributed by atoms with Gasteiger partial charge in [-0.2, -0.15) is 5.10 Å². The third kappa shape index (κ3) is 3.36. The number of hydrazone groups is 1. The fourth-order valence-electron chi connectivity index (χ4n) is 2.64. The first kappa shape index (κ1) is 16.3. The molecule has 1 aliphatic rings. The molecule has 0 fully saturated rings. The van der Waals surface area contributed by atoms with E-state index in [0.717, 1.165) is 16.8 Å². The molecule has 0 radical (unpaired) electrons. The zero-order valence-electron chi connectivity index (χ0n) is 13.4. The number of benzene rings is 2. The number of rotatable bonds is 3. The lowest BCUT2D eigenvalue weighted by Gasteiger charge is -2.13. The van der Waals surface area contributed by atoms with Gasteiger partial charge < -0.3 is 10.8 Å². The van der Waals surface area contributed by atoms with Gasteiger partial charge in [-0.1, -0.05) is 48.9 Å². The first-order valence-corrected chi connectivity index (χ1v) is 8.12. The number of nitrogens with two attached hydrogens (primary N) is 1. The van der Waals surface area contributed by atoms with Crippen molar-refractivity contribution in [1.29, 1.82) is 0 Å². The number of guanidine groups is 1. The van der Waals surface area contributed by atoms with Crippen LogP contribution in [0.5, 0.6) is 5.75 Å². The second-order valence-electron chi connectivity index (χ2n) is 5.75. The highest BCUT2D eigenvalue weighted by Gasteiger charge is 2.27. The normalized spacial score (nSPS) is 17.9. The van der Waals surface area contributed by atoms with Gasteiger partial charge in [0.1, 0.15) is 5.75 Å². The van der Waals surface area contributed by atoms with Crippen molar-refractivity contribution in [3.05, 3.63) is 64.7 Å². The molecule has 0 bridgehead atoms. The van der Waals surface area contributed by atoms with E-state index in [1.807, 2.05) is 43.3 Å². The number of aliphatic imine (C=N–C) groups is 1. The van der Waals surface area contributed by atoms with E-state index < -0.39 is 0 Å². The smallest absolute Gasteiger partial charge is 0.212 e. The molecule has 2 aromatic carbocycles. The zero-order chi connectivity index (χ0) is 17.1. The minimum atomic E-state index is 0.146. The Labute approximate surface area is 146 Å². The van der Waals surface area contributed by atoms with Gasteiger partial charge in [-0.25, -0.2) is 10.0 Å². The lowest BCUT2D eigenvalue weighted by Crippen LogP contribution is -2.32. The first-order valence-electron chi connectivity index (χ1n) is 7.74. The third-order valence-corrected chi connectivity index (χ3v) is 4.32. The van der Waals surface area contributed by atoms with Crippen LogP contribution in [0.25, 0.3) is 0 Å². The van der Waals surface area contributed by atoms with Crippen LogP contribution in [0.15, 0.2) is 58.6 Å². The summed E-state index contributed by atoms with van der Waals surface area (Å²) in [6.45, 7) is 3.08. The number of halogens is 1. The van der Waals surface area contributed by atoms with E-state index in [1.165, 1.54) is 0 Å². The fourth-order valence-corrected chi connectivity index (χ4v) is 2.84. The number of hydrogen-bond donors (Lipinski definition) is 2. The molecular formula is C18H19ClN4O. The molecule has 0 saturated heterocycles. The Morgan fingerprint density at radius 1 is 1.29 bits per heavy atom. The summed E-state index contributed by atoms with van der Waals surface area (Å²) in [5.41, 5.74) is 8.53. The van der Waals surface area contributed by atoms with Gasteiger partial charge >= 0.3 is 0 Å². The van der Waals surface area contributed by atoms with Crippen molar-refractivity contribution >= 4 is 23.3 Å². The van der Waals surface area contributed by atoms with Crippen LogP contribution in [-0.4, -0.2) is 28.3 Å². The molecule has 124 valence electrons. The zero-order valence-corrected chi connectivity index (χ0v) is 14.1. The lowest BCUT2D eigenvalue weighted by molar-refractivity contribution is 0.449. The molecule has 3 rings (SSSR count). The summed E-state index contributed by atoms with van der Waals surface area (Å²) < 4.78 is 0. The first-order chi connectivity index (χ1) is 11.6. The van der Waals surface area contributed by atoms with Crippen molar-refractivity contribution in [2.45, 2.75) is 13.5 Å². The highest BCUT2D eigenvalue weighted by atomic mass is 35.5.